The number of methoxy groups -OCH3 is 1. The second-order valence-corrected chi connectivity index (χ2v) is 6.62. The van der Waals surface area contributed by atoms with Gasteiger partial charge in [0.2, 0.25) is 0 Å². The first-order valence-corrected chi connectivity index (χ1v) is 7.70. The Morgan fingerprint density at radius 2 is 2.11 bits per heavy atom. The molecule has 0 saturated carbocycles. The highest BCUT2D eigenvalue weighted by Gasteiger charge is 2.26. The minimum absolute atomic E-state index is 0.580. The molecule has 0 aliphatic rings. The van der Waals surface area contributed by atoms with Crippen molar-refractivity contribution in [1.82, 2.24) is 0 Å². The maximum atomic E-state index is 10.7. The van der Waals surface area contributed by atoms with E-state index >= 15 is 0 Å². The van der Waals surface area contributed by atoms with Crippen LogP contribution in [0, 0.1) is 6.92 Å². The predicted octanol–water partition coefficient (Wildman–Crippen LogP) is 4.28. The molecular formula is C15H17BrO2S. The van der Waals surface area contributed by atoms with E-state index in [2.05, 4.69) is 15.9 Å². The smallest absolute Gasteiger partial charge is 0.133 e. The predicted molar refractivity (Wildman–Crippen MR) is 83.0 cm³/mol. The Morgan fingerprint density at radius 1 is 1.37 bits per heavy atom. The van der Waals surface area contributed by atoms with Crippen LogP contribution >= 0.6 is 27.3 Å². The first-order chi connectivity index (χ1) is 8.94. The SMILES string of the molecule is COc1ccc(CC(C)(O)c2sccc2C)cc1Br. The minimum Gasteiger partial charge on any atom is -0.496 e. The Bertz CT molecular complexity index is 575. The monoisotopic (exact) mass is 340 g/mol. The van der Waals surface area contributed by atoms with E-state index in [1.807, 2.05) is 43.5 Å². The van der Waals surface area contributed by atoms with Crippen LogP contribution in [0.3, 0.4) is 0 Å². The molecule has 0 spiro atoms. The van der Waals surface area contributed by atoms with Crippen molar-refractivity contribution < 1.29 is 9.84 Å². The number of aryl methyl sites for hydroxylation is 1. The van der Waals surface area contributed by atoms with Crippen molar-refractivity contribution in [1.29, 1.82) is 0 Å². The summed E-state index contributed by atoms with van der Waals surface area (Å²) in [5.41, 5.74) is 1.37. The Hall–Kier alpha value is -0.840. The molecule has 19 heavy (non-hydrogen) atoms. The summed E-state index contributed by atoms with van der Waals surface area (Å²) >= 11 is 5.08. The van der Waals surface area contributed by atoms with Crippen molar-refractivity contribution in [3.8, 4) is 5.75 Å². The van der Waals surface area contributed by atoms with Crippen LogP contribution in [0.5, 0.6) is 5.75 Å². The van der Waals surface area contributed by atoms with E-state index in [1.165, 1.54) is 0 Å². The van der Waals surface area contributed by atoms with Gasteiger partial charge in [0.25, 0.3) is 0 Å². The molecule has 0 aliphatic carbocycles. The average molecular weight is 341 g/mol. The Morgan fingerprint density at radius 3 is 2.63 bits per heavy atom. The molecule has 102 valence electrons. The molecule has 0 aliphatic heterocycles. The molecule has 0 saturated heterocycles. The third kappa shape index (κ3) is 3.19. The summed E-state index contributed by atoms with van der Waals surface area (Å²) in [5.74, 6) is 0.802. The number of halogens is 1. The largest absolute Gasteiger partial charge is 0.496 e. The topological polar surface area (TPSA) is 29.5 Å². The van der Waals surface area contributed by atoms with E-state index in [-0.39, 0.29) is 0 Å². The molecule has 1 heterocycles. The van der Waals surface area contributed by atoms with Gasteiger partial charge in [-0.1, -0.05) is 6.07 Å². The van der Waals surface area contributed by atoms with Gasteiger partial charge in [-0.3, -0.25) is 0 Å². The Kier molecular flexibility index (Phi) is 4.33. The zero-order chi connectivity index (χ0) is 14.0. The first-order valence-electron chi connectivity index (χ1n) is 6.03. The van der Waals surface area contributed by atoms with E-state index in [0.717, 1.165) is 26.2 Å². The van der Waals surface area contributed by atoms with Crippen molar-refractivity contribution in [3.63, 3.8) is 0 Å². The summed E-state index contributed by atoms with van der Waals surface area (Å²) in [6.07, 6.45) is 0.580. The zero-order valence-electron chi connectivity index (χ0n) is 11.2. The van der Waals surface area contributed by atoms with Crippen LogP contribution in [0.25, 0.3) is 0 Å². The molecule has 2 aromatic rings. The molecule has 1 aromatic carbocycles. The zero-order valence-corrected chi connectivity index (χ0v) is 13.6. The van der Waals surface area contributed by atoms with Crippen LogP contribution in [-0.2, 0) is 12.0 Å². The minimum atomic E-state index is -0.841. The fourth-order valence-corrected chi connectivity index (χ4v) is 3.80. The number of hydrogen-bond acceptors (Lipinski definition) is 3. The molecule has 4 heteroatoms. The highest BCUT2D eigenvalue weighted by molar-refractivity contribution is 9.10. The van der Waals surface area contributed by atoms with E-state index in [1.54, 1.807) is 18.4 Å². The molecule has 0 fully saturated rings. The third-order valence-corrected chi connectivity index (χ3v) is 5.01. The van der Waals surface area contributed by atoms with Crippen molar-refractivity contribution in [2.45, 2.75) is 25.9 Å². The fourth-order valence-electron chi connectivity index (χ4n) is 2.22. The number of thiophene rings is 1. The summed E-state index contributed by atoms with van der Waals surface area (Å²) in [7, 11) is 1.64. The van der Waals surface area contributed by atoms with Crippen LogP contribution in [0.1, 0.15) is 22.9 Å². The number of aliphatic hydroxyl groups is 1. The van der Waals surface area contributed by atoms with Crippen molar-refractivity contribution in [2.24, 2.45) is 0 Å². The summed E-state index contributed by atoms with van der Waals surface area (Å²) in [5, 5.41) is 12.7. The van der Waals surface area contributed by atoms with Gasteiger partial charge in [-0.2, -0.15) is 0 Å². The van der Waals surface area contributed by atoms with Gasteiger partial charge in [0, 0.05) is 11.3 Å². The summed E-state index contributed by atoms with van der Waals surface area (Å²) in [6, 6.07) is 7.94. The Labute approximate surface area is 126 Å². The lowest BCUT2D eigenvalue weighted by atomic mass is 9.93. The molecule has 1 unspecified atom stereocenters. The summed E-state index contributed by atoms with van der Waals surface area (Å²) in [6.45, 7) is 3.90. The van der Waals surface area contributed by atoms with E-state index in [0.29, 0.717) is 6.42 Å². The van der Waals surface area contributed by atoms with Gasteiger partial charge in [0.05, 0.1) is 11.6 Å². The normalized spacial score (nSPS) is 14.2. The van der Waals surface area contributed by atoms with Gasteiger partial charge in [-0.05, 0) is 64.5 Å². The maximum absolute atomic E-state index is 10.7. The molecule has 0 radical (unpaired) electrons. The number of benzene rings is 1. The van der Waals surface area contributed by atoms with Crippen molar-refractivity contribution >= 4 is 27.3 Å². The third-order valence-electron chi connectivity index (χ3n) is 3.12. The highest BCUT2D eigenvalue weighted by atomic mass is 79.9. The standard InChI is InChI=1S/C15H17BrO2S/c1-10-6-7-19-14(10)15(2,17)9-11-4-5-13(18-3)12(16)8-11/h4-8,17H,9H2,1-3H3. The highest BCUT2D eigenvalue weighted by Crippen LogP contribution is 2.34. The summed E-state index contributed by atoms with van der Waals surface area (Å²) < 4.78 is 6.12. The second kappa shape index (κ2) is 5.65. The van der Waals surface area contributed by atoms with Gasteiger partial charge < -0.3 is 9.84 Å². The average Bonchev–Trinajstić information content (AvgIpc) is 2.76. The quantitative estimate of drug-likeness (QED) is 0.900. The van der Waals surface area contributed by atoms with Crippen molar-refractivity contribution in [3.05, 3.63) is 50.1 Å². The Balaban J connectivity index is 2.25. The lowest BCUT2D eigenvalue weighted by Crippen LogP contribution is -2.23. The first kappa shape index (κ1) is 14.6. The van der Waals surface area contributed by atoms with Gasteiger partial charge in [0.15, 0.2) is 0 Å². The molecule has 1 aromatic heterocycles. The molecule has 1 atom stereocenters. The van der Waals surface area contributed by atoms with Crippen LogP contribution in [-0.4, -0.2) is 12.2 Å². The number of ether oxygens (including phenoxy) is 1. The van der Waals surface area contributed by atoms with Gasteiger partial charge in [0.1, 0.15) is 11.4 Å². The molecular weight excluding hydrogens is 324 g/mol. The number of hydrogen-bond donors (Lipinski definition) is 1. The second-order valence-electron chi connectivity index (χ2n) is 4.85. The van der Waals surface area contributed by atoms with Crippen LogP contribution in [0.2, 0.25) is 0 Å². The fraction of sp³-hybridized carbons (Fsp3) is 0.333. The molecule has 0 bridgehead atoms. The van der Waals surface area contributed by atoms with Gasteiger partial charge in [-0.15, -0.1) is 11.3 Å². The lowest BCUT2D eigenvalue weighted by molar-refractivity contribution is 0.0609. The molecule has 2 rings (SSSR count). The van der Waals surface area contributed by atoms with E-state index < -0.39 is 5.60 Å². The lowest BCUT2D eigenvalue weighted by Gasteiger charge is -2.23. The van der Waals surface area contributed by atoms with Crippen molar-refractivity contribution in [2.75, 3.05) is 7.11 Å². The van der Waals surface area contributed by atoms with Gasteiger partial charge in [-0.25, -0.2) is 0 Å². The summed E-state index contributed by atoms with van der Waals surface area (Å²) in [4.78, 5) is 1.03. The van der Waals surface area contributed by atoms with Crippen LogP contribution < -0.4 is 4.74 Å². The van der Waals surface area contributed by atoms with Crippen LogP contribution in [0.4, 0.5) is 0 Å². The maximum Gasteiger partial charge on any atom is 0.133 e. The molecule has 1 N–H and O–H groups in total. The molecule has 0 amide bonds. The van der Waals surface area contributed by atoms with E-state index in [9.17, 15) is 5.11 Å². The van der Waals surface area contributed by atoms with Crippen LogP contribution in [0.15, 0.2) is 34.1 Å². The van der Waals surface area contributed by atoms with Gasteiger partial charge >= 0.3 is 0 Å². The molecule has 2 nitrogen and oxygen atoms in total. The number of rotatable bonds is 4. The van der Waals surface area contributed by atoms with E-state index in [4.69, 9.17) is 4.74 Å².